The summed E-state index contributed by atoms with van der Waals surface area (Å²) in [5.41, 5.74) is 0.848. The average Bonchev–Trinajstić information content (AvgIpc) is 3.03. The Balaban J connectivity index is 1.24. The van der Waals surface area contributed by atoms with Gasteiger partial charge in [0.1, 0.15) is 0 Å². The van der Waals surface area contributed by atoms with Crippen molar-refractivity contribution in [2.75, 3.05) is 39.3 Å². The molecule has 1 saturated carbocycles. The second-order valence-corrected chi connectivity index (χ2v) is 12.0. The maximum atomic E-state index is 2.87. The zero-order chi connectivity index (χ0) is 18.7. The molecule has 0 amide bonds. The van der Waals surface area contributed by atoms with Crippen LogP contribution in [0.15, 0.2) is 0 Å². The maximum absolute atomic E-state index is 2.87. The van der Waals surface area contributed by atoms with Gasteiger partial charge in [-0.3, -0.25) is 14.7 Å². The highest BCUT2D eigenvalue weighted by atomic mass is 15.4. The van der Waals surface area contributed by atoms with E-state index in [-0.39, 0.29) is 0 Å². The molecule has 1 aliphatic carbocycles. The Kier molecular flexibility index (Phi) is 4.98. The fourth-order valence-electron chi connectivity index (χ4n) is 6.22. The lowest BCUT2D eigenvalue weighted by Crippen LogP contribution is -2.65. The molecule has 0 radical (unpaired) electrons. The van der Waals surface area contributed by atoms with Crippen molar-refractivity contribution in [1.29, 1.82) is 0 Å². The maximum Gasteiger partial charge on any atom is 0.0350 e. The lowest BCUT2D eigenvalue weighted by Gasteiger charge is -2.52. The Morgan fingerprint density at radius 1 is 0.692 bits per heavy atom. The van der Waals surface area contributed by atoms with E-state index in [2.05, 4.69) is 56.2 Å². The number of hydrogen-bond donors (Lipinski definition) is 0. The van der Waals surface area contributed by atoms with Crippen LogP contribution in [0.4, 0.5) is 0 Å². The molecule has 150 valence electrons. The molecule has 0 aromatic heterocycles. The smallest absolute Gasteiger partial charge is 0.0350 e. The molecule has 0 spiro atoms. The predicted octanol–water partition coefficient (Wildman–Crippen LogP) is 3.94. The molecule has 3 heteroatoms. The molecule has 0 aromatic carbocycles. The molecule has 4 fully saturated rings. The Labute approximate surface area is 162 Å². The molecule has 4 rings (SSSR count). The quantitative estimate of drug-likeness (QED) is 0.738. The van der Waals surface area contributed by atoms with Crippen LogP contribution in [0.2, 0.25) is 0 Å². The Hall–Kier alpha value is -0.120. The highest BCUT2D eigenvalue weighted by molar-refractivity contribution is 5.01. The summed E-state index contributed by atoms with van der Waals surface area (Å²) in [5, 5.41) is 0. The van der Waals surface area contributed by atoms with Crippen LogP contribution in [0, 0.1) is 23.2 Å². The normalized spacial score (nSPS) is 38.5. The highest BCUT2D eigenvalue weighted by Gasteiger charge is 2.48. The van der Waals surface area contributed by atoms with E-state index in [1.807, 2.05) is 0 Å². The van der Waals surface area contributed by atoms with Crippen LogP contribution in [-0.2, 0) is 0 Å². The fourth-order valence-corrected chi connectivity index (χ4v) is 6.22. The molecule has 4 aliphatic rings. The van der Waals surface area contributed by atoms with Gasteiger partial charge in [0.25, 0.3) is 0 Å². The lowest BCUT2D eigenvalue weighted by atomic mass is 9.79. The van der Waals surface area contributed by atoms with Crippen molar-refractivity contribution in [2.45, 2.75) is 84.8 Å². The molecule has 3 unspecified atom stereocenters. The second-order valence-electron chi connectivity index (χ2n) is 12.0. The molecule has 3 heterocycles. The third-order valence-corrected chi connectivity index (χ3v) is 8.27. The van der Waals surface area contributed by atoms with Crippen LogP contribution >= 0.6 is 0 Å². The lowest BCUT2D eigenvalue weighted by molar-refractivity contribution is -0.0288. The van der Waals surface area contributed by atoms with E-state index < -0.39 is 0 Å². The summed E-state index contributed by atoms with van der Waals surface area (Å²) >= 11 is 0. The molecule has 0 aromatic rings. The van der Waals surface area contributed by atoms with E-state index in [9.17, 15) is 0 Å². The third kappa shape index (κ3) is 3.73. The number of hydrogen-bond acceptors (Lipinski definition) is 3. The van der Waals surface area contributed by atoms with Crippen LogP contribution in [0.5, 0.6) is 0 Å². The van der Waals surface area contributed by atoms with Crippen LogP contribution < -0.4 is 0 Å². The van der Waals surface area contributed by atoms with E-state index in [4.69, 9.17) is 0 Å². The van der Waals surface area contributed by atoms with Gasteiger partial charge in [-0.2, -0.15) is 0 Å². The minimum Gasteiger partial charge on any atom is -0.297 e. The highest BCUT2D eigenvalue weighted by Crippen LogP contribution is 2.49. The molecular weight excluding hydrogens is 318 g/mol. The molecule has 3 nitrogen and oxygen atoms in total. The molecule has 26 heavy (non-hydrogen) atoms. The number of likely N-dealkylation sites (tertiary alicyclic amines) is 3. The van der Waals surface area contributed by atoms with Crippen molar-refractivity contribution in [3.63, 3.8) is 0 Å². The fraction of sp³-hybridized carbons (Fsp3) is 1.00. The molecule has 3 aliphatic heterocycles. The van der Waals surface area contributed by atoms with E-state index >= 15 is 0 Å². The number of fused-ring (bicyclic) bond motifs is 1. The van der Waals surface area contributed by atoms with Crippen LogP contribution in [-0.4, -0.2) is 71.6 Å². The largest absolute Gasteiger partial charge is 0.297 e. The van der Waals surface area contributed by atoms with Gasteiger partial charge < -0.3 is 0 Å². The third-order valence-electron chi connectivity index (χ3n) is 8.27. The predicted molar refractivity (Wildman–Crippen MR) is 110 cm³/mol. The van der Waals surface area contributed by atoms with Gasteiger partial charge in [-0.1, -0.05) is 20.8 Å². The molecular formula is C23H43N3. The van der Waals surface area contributed by atoms with Gasteiger partial charge in [-0.05, 0) is 76.2 Å². The molecule has 0 N–H and O–H groups in total. The van der Waals surface area contributed by atoms with Crippen molar-refractivity contribution in [3.05, 3.63) is 0 Å². The van der Waals surface area contributed by atoms with E-state index in [0.717, 1.165) is 29.8 Å². The standard InChI is InChI=1S/C23H43N3/c1-22(2,3)19-10-17-12-24(13-18(17)11-19)21-14-25(15-21)20-8-7-9-26(16-20)23(4,5)6/h17-21H,7-16H2,1-6H3. The monoisotopic (exact) mass is 361 g/mol. The zero-order valence-corrected chi connectivity index (χ0v) is 18.3. The van der Waals surface area contributed by atoms with Crippen LogP contribution in [0.1, 0.15) is 67.2 Å². The van der Waals surface area contributed by atoms with Gasteiger partial charge in [-0.25, -0.2) is 0 Å². The SMILES string of the molecule is CC(C)(C)C1CC2CN(C3CN(C4CCCN(C(C)(C)C)C4)C3)CC2C1. The van der Waals surface area contributed by atoms with Crippen molar-refractivity contribution >= 4 is 0 Å². The Morgan fingerprint density at radius 2 is 1.27 bits per heavy atom. The first-order valence-electron chi connectivity index (χ1n) is 11.3. The van der Waals surface area contributed by atoms with E-state index in [1.54, 1.807) is 0 Å². The summed E-state index contributed by atoms with van der Waals surface area (Å²) in [6, 6.07) is 1.67. The minimum absolute atomic E-state index is 0.332. The summed E-state index contributed by atoms with van der Waals surface area (Å²) in [6.07, 6.45) is 5.78. The van der Waals surface area contributed by atoms with Crippen molar-refractivity contribution in [1.82, 2.24) is 14.7 Å². The average molecular weight is 362 g/mol. The minimum atomic E-state index is 0.332. The van der Waals surface area contributed by atoms with Crippen molar-refractivity contribution in [2.24, 2.45) is 23.2 Å². The first-order valence-corrected chi connectivity index (χ1v) is 11.3. The summed E-state index contributed by atoms with van der Waals surface area (Å²) in [7, 11) is 0. The van der Waals surface area contributed by atoms with Gasteiger partial charge in [0.05, 0.1) is 0 Å². The number of rotatable bonds is 2. The van der Waals surface area contributed by atoms with Crippen LogP contribution in [0.3, 0.4) is 0 Å². The number of piperidine rings is 1. The van der Waals surface area contributed by atoms with E-state index in [1.165, 1.54) is 65.0 Å². The summed E-state index contributed by atoms with van der Waals surface area (Å²) in [4.78, 5) is 8.38. The van der Waals surface area contributed by atoms with Crippen molar-refractivity contribution < 1.29 is 0 Å². The summed E-state index contributed by atoms with van der Waals surface area (Å²) < 4.78 is 0. The zero-order valence-electron chi connectivity index (χ0n) is 18.3. The van der Waals surface area contributed by atoms with E-state index in [0.29, 0.717) is 11.0 Å². The number of nitrogens with zero attached hydrogens (tertiary/aromatic N) is 3. The van der Waals surface area contributed by atoms with Crippen LogP contribution in [0.25, 0.3) is 0 Å². The van der Waals surface area contributed by atoms with Gasteiger partial charge >= 0.3 is 0 Å². The molecule has 3 saturated heterocycles. The Bertz CT molecular complexity index is 483. The van der Waals surface area contributed by atoms with Gasteiger partial charge in [0.15, 0.2) is 0 Å². The van der Waals surface area contributed by atoms with Gasteiger partial charge in [0, 0.05) is 50.3 Å². The second kappa shape index (κ2) is 6.74. The Morgan fingerprint density at radius 3 is 1.81 bits per heavy atom. The molecule has 3 atom stereocenters. The summed E-state index contributed by atoms with van der Waals surface area (Å²) in [5.74, 6) is 2.96. The topological polar surface area (TPSA) is 9.72 Å². The first-order chi connectivity index (χ1) is 12.1. The molecule has 0 bridgehead atoms. The van der Waals surface area contributed by atoms with Gasteiger partial charge in [-0.15, -0.1) is 0 Å². The van der Waals surface area contributed by atoms with Gasteiger partial charge in [0.2, 0.25) is 0 Å². The summed E-state index contributed by atoms with van der Waals surface area (Å²) in [6.45, 7) is 22.5. The first kappa shape index (κ1) is 19.2. The van der Waals surface area contributed by atoms with Crippen molar-refractivity contribution in [3.8, 4) is 0 Å².